The largest absolute Gasteiger partial charge is 0.116 e. The van der Waals surface area contributed by atoms with Gasteiger partial charge in [0.1, 0.15) is 0 Å². The summed E-state index contributed by atoms with van der Waals surface area (Å²) in [6.45, 7) is 7.16. The Hall–Kier alpha value is 0.424. The van der Waals surface area contributed by atoms with Gasteiger partial charge in [-0.2, -0.15) is 0 Å². The van der Waals surface area contributed by atoms with Gasteiger partial charge in [0.05, 0.1) is 0 Å². The number of hydrogen-bond acceptors (Lipinski definition) is 0. The van der Waals surface area contributed by atoms with Gasteiger partial charge in [0.25, 0.3) is 0 Å². The average Bonchev–Trinajstić information content (AvgIpc) is 1.62. The van der Waals surface area contributed by atoms with E-state index in [1.807, 2.05) is 0 Å². The lowest BCUT2D eigenvalue weighted by Gasteiger charge is -2.17. The summed E-state index contributed by atoms with van der Waals surface area (Å²) < 4.78 is 0. The maximum atomic E-state index is 5.31. The van der Waals surface area contributed by atoms with Gasteiger partial charge in [-0.3, -0.25) is 0 Å². The second-order valence-electron chi connectivity index (χ2n) is 3.55. The first-order valence-electron chi connectivity index (χ1n) is 3.13. The predicted molar refractivity (Wildman–Crippen MR) is 53.9 cm³/mol. The Morgan fingerprint density at radius 3 is 2.11 bits per heavy atom. The summed E-state index contributed by atoms with van der Waals surface area (Å²) in [6, 6.07) is 0. The molecule has 0 saturated carbocycles. The van der Waals surface area contributed by atoms with Crippen LogP contribution in [0.25, 0.3) is 0 Å². The smallest absolute Gasteiger partial charge is 0.0491 e. The lowest BCUT2D eigenvalue weighted by Crippen LogP contribution is -2.24. The zero-order valence-electron chi connectivity index (χ0n) is 6.73. The van der Waals surface area contributed by atoms with Gasteiger partial charge in [-0.25, -0.2) is 0 Å². The van der Waals surface area contributed by atoms with Crippen LogP contribution in [-0.2, 0) is 0 Å². The van der Waals surface area contributed by atoms with Gasteiger partial charge < -0.3 is 0 Å². The number of terminal acetylenes is 1. The standard InChI is InChI=1S/C6H15PSi2/c1-5-7(8)6-9(2,3)4/h1H,6H2,2-4,8H3. The summed E-state index contributed by atoms with van der Waals surface area (Å²) in [5, 5.41) is 0. The highest BCUT2D eigenvalue weighted by Crippen LogP contribution is 2.30. The Labute approximate surface area is 63.5 Å². The van der Waals surface area contributed by atoms with E-state index in [1.54, 1.807) is 0 Å². The van der Waals surface area contributed by atoms with E-state index >= 15 is 0 Å². The zero-order chi connectivity index (χ0) is 7.49. The molecular weight excluding hydrogens is 159 g/mol. The summed E-state index contributed by atoms with van der Waals surface area (Å²) in [4.78, 5) is 0. The van der Waals surface area contributed by atoms with Crippen molar-refractivity contribution in [2.24, 2.45) is 0 Å². The van der Waals surface area contributed by atoms with E-state index in [1.165, 1.54) is 15.7 Å². The predicted octanol–water partition coefficient (Wildman–Crippen LogP) is 1.22. The molecule has 0 heterocycles. The van der Waals surface area contributed by atoms with Gasteiger partial charge in [0, 0.05) is 18.0 Å². The fraction of sp³-hybridized carbons (Fsp3) is 0.667. The fourth-order valence-corrected chi connectivity index (χ4v) is 15.4. The zero-order valence-corrected chi connectivity index (χ0v) is 10.6. The molecule has 0 N–H and O–H groups in total. The molecule has 0 radical (unpaired) electrons. The topological polar surface area (TPSA) is 0 Å². The van der Waals surface area contributed by atoms with Gasteiger partial charge in [-0.05, 0) is 5.79 Å². The highest BCUT2D eigenvalue weighted by Gasteiger charge is 2.14. The maximum absolute atomic E-state index is 5.31. The van der Waals surface area contributed by atoms with Crippen LogP contribution in [0.5, 0.6) is 0 Å². The van der Waals surface area contributed by atoms with Crippen LogP contribution in [0.1, 0.15) is 0 Å². The number of hydrogen-bond donors (Lipinski definition) is 0. The van der Waals surface area contributed by atoms with Crippen LogP contribution in [0, 0.1) is 12.1 Å². The number of rotatable bonds is 2. The Kier molecular flexibility index (Phi) is 3.72. The van der Waals surface area contributed by atoms with E-state index in [2.05, 4.69) is 25.3 Å². The lowest BCUT2D eigenvalue weighted by atomic mass is 11.4. The molecule has 0 rings (SSSR count). The maximum Gasteiger partial charge on any atom is 0.0491 e. The Bertz CT molecular complexity index is 120. The van der Waals surface area contributed by atoms with E-state index in [4.69, 9.17) is 6.42 Å². The van der Waals surface area contributed by atoms with Crippen molar-refractivity contribution in [2.45, 2.75) is 19.6 Å². The molecule has 1 unspecified atom stereocenters. The van der Waals surface area contributed by atoms with Crippen molar-refractivity contribution in [3.8, 4) is 12.1 Å². The molecule has 0 aromatic rings. The molecule has 0 aliphatic heterocycles. The van der Waals surface area contributed by atoms with Gasteiger partial charge in [0.15, 0.2) is 0 Å². The third-order valence-electron chi connectivity index (χ3n) is 0.932. The van der Waals surface area contributed by atoms with Gasteiger partial charge in [-0.1, -0.05) is 32.8 Å². The lowest BCUT2D eigenvalue weighted by molar-refractivity contribution is 1.67. The molecule has 0 amide bonds. The van der Waals surface area contributed by atoms with E-state index in [0.717, 1.165) is 0 Å². The SMILES string of the molecule is C#CP([SiH3])C[Si](C)(C)C. The third kappa shape index (κ3) is 6.31. The molecule has 1 atom stereocenters. The van der Waals surface area contributed by atoms with Gasteiger partial charge in [-0.15, -0.1) is 6.42 Å². The van der Waals surface area contributed by atoms with Crippen molar-refractivity contribution in [2.75, 3.05) is 5.79 Å². The van der Waals surface area contributed by atoms with Crippen molar-refractivity contribution >= 4 is 25.5 Å². The first-order chi connectivity index (χ1) is 3.95. The van der Waals surface area contributed by atoms with E-state index in [0.29, 0.717) is 0 Å². The van der Waals surface area contributed by atoms with Crippen LogP contribution in [-0.4, -0.2) is 23.8 Å². The molecule has 0 bridgehead atoms. The Morgan fingerprint density at radius 1 is 1.56 bits per heavy atom. The highest BCUT2D eigenvalue weighted by molar-refractivity contribution is 7.87. The van der Waals surface area contributed by atoms with E-state index in [9.17, 15) is 0 Å². The fourth-order valence-electron chi connectivity index (χ4n) is 0.757. The minimum Gasteiger partial charge on any atom is -0.116 e. The molecule has 0 nitrogen and oxygen atoms in total. The van der Waals surface area contributed by atoms with E-state index < -0.39 is 8.07 Å². The van der Waals surface area contributed by atoms with Crippen molar-refractivity contribution in [1.29, 1.82) is 0 Å². The van der Waals surface area contributed by atoms with Crippen LogP contribution < -0.4 is 0 Å². The van der Waals surface area contributed by atoms with Crippen LogP contribution in [0.3, 0.4) is 0 Å². The van der Waals surface area contributed by atoms with Crippen LogP contribution >= 0.6 is 7.47 Å². The summed E-state index contributed by atoms with van der Waals surface area (Å²) in [5.74, 6) is 1.38. The van der Waals surface area contributed by atoms with Crippen molar-refractivity contribution in [3.63, 3.8) is 0 Å². The van der Waals surface area contributed by atoms with E-state index in [-0.39, 0.29) is 7.47 Å². The van der Waals surface area contributed by atoms with Crippen LogP contribution in [0.2, 0.25) is 19.6 Å². The average molecular weight is 174 g/mol. The molecule has 0 fully saturated rings. The van der Waals surface area contributed by atoms with Crippen LogP contribution in [0.4, 0.5) is 0 Å². The van der Waals surface area contributed by atoms with Crippen LogP contribution in [0.15, 0.2) is 0 Å². The first-order valence-corrected chi connectivity index (χ1v) is 11.5. The molecule has 0 spiro atoms. The molecule has 52 valence electrons. The summed E-state index contributed by atoms with van der Waals surface area (Å²) in [7, 11) is 0.476. The molecule has 3 heteroatoms. The first kappa shape index (κ1) is 9.42. The van der Waals surface area contributed by atoms with Crippen molar-refractivity contribution < 1.29 is 0 Å². The van der Waals surface area contributed by atoms with Gasteiger partial charge >= 0.3 is 0 Å². The van der Waals surface area contributed by atoms with Crippen molar-refractivity contribution in [3.05, 3.63) is 0 Å². The summed E-state index contributed by atoms with van der Waals surface area (Å²) in [6.07, 6.45) is 5.31. The third-order valence-corrected chi connectivity index (χ3v) is 10.7. The molecular formula is C6H15PSi2. The quantitative estimate of drug-likeness (QED) is 0.335. The van der Waals surface area contributed by atoms with Gasteiger partial charge in [0.2, 0.25) is 0 Å². The Balaban J connectivity index is 3.63. The molecule has 9 heavy (non-hydrogen) atoms. The molecule has 0 aromatic carbocycles. The summed E-state index contributed by atoms with van der Waals surface area (Å²) >= 11 is 0. The minimum absolute atomic E-state index is 0.0620. The second-order valence-corrected chi connectivity index (χ2v) is 14.8. The molecule has 0 aromatic heterocycles. The normalized spacial score (nSPS) is 14.9. The molecule has 0 aliphatic carbocycles. The monoisotopic (exact) mass is 174 g/mol. The minimum atomic E-state index is -0.820. The highest BCUT2D eigenvalue weighted by atomic mass is 31.4. The Morgan fingerprint density at radius 2 is 2.00 bits per heavy atom. The van der Waals surface area contributed by atoms with Crippen molar-refractivity contribution in [1.82, 2.24) is 0 Å². The summed E-state index contributed by atoms with van der Waals surface area (Å²) in [5.41, 5.74) is 2.88. The second kappa shape index (κ2) is 3.56. The molecule has 0 aliphatic rings. The molecule has 0 saturated heterocycles.